The molecule has 3 atom stereocenters. The van der Waals surface area contributed by atoms with E-state index >= 15 is 0 Å². The molecule has 0 radical (unpaired) electrons. The monoisotopic (exact) mass is 446 g/mol. The van der Waals surface area contributed by atoms with Crippen LogP contribution in [0.2, 0.25) is 0 Å². The fourth-order valence-corrected chi connectivity index (χ4v) is 5.05. The number of amides is 3. The lowest BCUT2D eigenvalue weighted by Crippen LogP contribution is -2.36. The van der Waals surface area contributed by atoms with Crippen molar-refractivity contribution in [3.8, 4) is 0 Å². The van der Waals surface area contributed by atoms with Gasteiger partial charge in [-0.15, -0.1) is 0 Å². The zero-order valence-corrected chi connectivity index (χ0v) is 16.4. The highest BCUT2D eigenvalue weighted by Crippen LogP contribution is 2.33. The van der Waals surface area contributed by atoms with Crippen LogP contribution in [0.3, 0.4) is 0 Å². The molecule has 0 spiro atoms. The van der Waals surface area contributed by atoms with Gasteiger partial charge in [0, 0.05) is 34.4 Å². The quantitative estimate of drug-likeness (QED) is 0.108. The fourth-order valence-electron chi connectivity index (χ4n) is 3.50. The van der Waals surface area contributed by atoms with E-state index in [9.17, 15) is 27.2 Å². The van der Waals surface area contributed by atoms with Crippen molar-refractivity contribution in [2.45, 2.75) is 49.6 Å². The number of thioether (sulfide) groups is 1. The second-order valence-corrected chi connectivity index (χ2v) is 8.19. The number of nitrogens with zero attached hydrogens (tertiary/aromatic N) is 3. The first-order valence-corrected chi connectivity index (χ1v) is 10.2. The van der Waals surface area contributed by atoms with E-state index in [1.165, 1.54) is 0 Å². The summed E-state index contributed by atoms with van der Waals surface area (Å²) in [5.41, 5.74) is 5.83. The molecule has 0 unspecified atom stereocenters. The molecular formula is C17H18F4N6O2S. The van der Waals surface area contributed by atoms with Crippen LogP contribution in [-0.4, -0.2) is 35.0 Å². The zero-order valence-electron chi connectivity index (χ0n) is 15.6. The number of benzene rings is 1. The van der Waals surface area contributed by atoms with Crippen LogP contribution in [0.5, 0.6) is 0 Å². The second-order valence-electron chi connectivity index (χ2n) is 6.92. The van der Waals surface area contributed by atoms with Crippen LogP contribution >= 0.6 is 11.8 Å². The topological polar surface area (TPSA) is 119 Å². The lowest BCUT2D eigenvalue weighted by Gasteiger charge is -2.16. The van der Waals surface area contributed by atoms with Gasteiger partial charge in [-0.1, -0.05) is 11.5 Å². The molecule has 2 saturated heterocycles. The standard InChI is InChI=1S/C17H18F4N6O2S/c18-11-7(12(19)14(21)16(13(11)20)26-27-22)5-23-10(28)4-2-1-3-9-15-8(6-30-9)24-17(29)25-15/h8-9,15H,1-6H2,(H,23,28)(H2,24,25,29)/t8-,9-,15-/m0/s1. The maximum atomic E-state index is 13.9. The summed E-state index contributed by atoms with van der Waals surface area (Å²) in [6, 6.07) is 0.0153. The number of unbranched alkanes of at least 4 members (excludes halogenated alkanes) is 1. The van der Waals surface area contributed by atoms with E-state index in [2.05, 4.69) is 26.0 Å². The number of carbonyl (C=O) groups excluding carboxylic acids is 2. The van der Waals surface area contributed by atoms with E-state index in [4.69, 9.17) is 5.53 Å². The molecule has 3 rings (SSSR count). The molecule has 30 heavy (non-hydrogen) atoms. The molecule has 3 N–H and O–H groups in total. The van der Waals surface area contributed by atoms with Crippen molar-refractivity contribution in [2.75, 3.05) is 5.75 Å². The molecule has 0 aromatic heterocycles. The van der Waals surface area contributed by atoms with Gasteiger partial charge in [-0.3, -0.25) is 4.79 Å². The molecule has 2 fully saturated rings. The first-order valence-electron chi connectivity index (χ1n) is 9.18. The van der Waals surface area contributed by atoms with Gasteiger partial charge in [0.2, 0.25) is 5.91 Å². The van der Waals surface area contributed by atoms with Gasteiger partial charge in [0.15, 0.2) is 23.3 Å². The summed E-state index contributed by atoms with van der Waals surface area (Å²) in [6.07, 6.45) is 2.07. The van der Waals surface area contributed by atoms with Gasteiger partial charge < -0.3 is 16.0 Å². The van der Waals surface area contributed by atoms with E-state index in [-0.39, 0.29) is 29.8 Å². The molecule has 13 heteroatoms. The van der Waals surface area contributed by atoms with Crippen LogP contribution in [0.15, 0.2) is 5.11 Å². The van der Waals surface area contributed by atoms with Gasteiger partial charge in [0.05, 0.1) is 12.1 Å². The number of hydrogen-bond acceptors (Lipinski definition) is 4. The average Bonchev–Trinajstić information content (AvgIpc) is 3.26. The lowest BCUT2D eigenvalue weighted by atomic mass is 10.0. The third kappa shape index (κ3) is 4.57. The number of rotatable bonds is 8. The molecule has 3 amide bonds. The average molecular weight is 446 g/mol. The van der Waals surface area contributed by atoms with Crippen molar-refractivity contribution >= 4 is 29.4 Å². The summed E-state index contributed by atoms with van der Waals surface area (Å²) in [6.45, 7) is -0.749. The minimum absolute atomic E-state index is 0.0698. The SMILES string of the molecule is [N-]=[N+]=Nc1c(F)c(F)c(CNC(=O)CCCC[C@@H]2SC[C@@H]3NC(=O)N[C@@H]32)c(F)c1F. The van der Waals surface area contributed by atoms with Crippen molar-refractivity contribution in [1.82, 2.24) is 16.0 Å². The van der Waals surface area contributed by atoms with Gasteiger partial charge >= 0.3 is 6.03 Å². The minimum atomic E-state index is -1.82. The first kappa shape index (κ1) is 22.0. The molecule has 2 aliphatic rings. The molecule has 0 saturated carbocycles. The predicted molar refractivity (Wildman–Crippen MR) is 101 cm³/mol. The van der Waals surface area contributed by atoms with Gasteiger partial charge in [-0.2, -0.15) is 11.8 Å². The number of urea groups is 1. The van der Waals surface area contributed by atoms with Gasteiger partial charge in [0.25, 0.3) is 0 Å². The number of azide groups is 1. The largest absolute Gasteiger partial charge is 0.352 e. The molecule has 162 valence electrons. The Labute approximate surface area is 172 Å². The highest BCUT2D eigenvalue weighted by Gasteiger charge is 2.42. The lowest BCUT2D eigenvalue weighted by molar-refractivity contribution is -0.121. The maximum Gasteiger partial charge on any atom is 0.315 e. The molecule has 0 aliphatic carbocycles. The van der Waals surface area contributed by atoms with Gasteiger partial charge in [-0.05, 0) is 18.4 Å². The Morgan fingerprint density at radius 1 is 1.17 bits per heavy atom. The fraction of sp³-hybridized carbons (Fsp3) is 0.529. The van der Waals surface area contributed by atoms with Crippen molar-refractivity contribution in [3.05, 3.63) is 39.3 Å². The maximum absolute atomic E-state index is 13.9. The van der Waals surface area contributed by atoms with E-state index in [1.54, 1.807) is 11.8 Å². The summed E-state index contributed by atoms with van der Waals surface area (Å²) in [5.74, 6) is -6.79. The Balaban J connectivity index is 1.46. The minimum Gasteiger partial charge on any atom is -0.352 e. The Morgan fingerprint density at radius 3 is 2.53 bits per heavy atom. The molecule has 1 aromatic carbocycles. The number of hydrogen-bond donors (Lipinski definition) is 3. The first-order chi connectivity index (χ1) is 14.3. The van der Waals surface area contributed by atoms with Crippen LogP contribution in [0.1, 0.15) is 31.2 Å². The van der Waals surface area contributed by atoms with E-state index in [1.807, 2.05) is 0 Å². The highest BCUT2D eigenvalue weighted by molar-refractivity contribution is 8.00. The summed E-state index contributed by atoms with van der Waals surface area (Å²) < 4.78 is 55.3. The van der Waals surface area contributed by atoms with Crippen LogP contribution in [0.25, 0.3) is 10.4 Å². The number of fused-ring (bicyclic) bond motifs is 1. The van der Waals surface area contributed by atoms with Gasteiger partial charge in [-0.25, -0.2) is 22.4 Å². The Hall–Kier alpha value is -2.66. The summed E-state index contributed by atoms with van der Waals surface area (Å²) in [7, 11) is 0. The summed E-state index contributed by atoms with van der Waals surface area (Å²) >= 11 is 1.75. The normalized spacial score (nSPS) is 22.1. The summed E-state index contributed by atoms with van der Waals surface area (Å²) in [5, 5.41) is 10.8. The molecule has 1 aromatic rings. The smallest absolute Gasteiger partial charge is 0.315 e. The third-order valence-electron chi connectivity index (χ3n) is 5.02. The van der Waals surface area contributed by atoms with E-state index < -0.39 is 47.0 Å². The van der Waals surface area contributed by atoms with Crippen molar-refractivity contribution in [1.29, 1.82) is 0 Å². The van der Waals surface area contributed by atoms with Crippen LogP contribution in [-0.2, 0) is 11.3 Å². The molecule has 8 nitrogen and oxygen atoms in total. The molecule has 2 aliphatic heterocycles. The zero-order chi connectivity index (χ0) is 21.8. The number of carbonyl (C=O) groups is 2. The van der Waals surface area contributed by atoms with E-state index in [0.717, 1.165) is 12.2 Å². The van der Waals surface area contributed by atoms with Crippen molar-refractivity contribution < 1.29 is 27.2 Å². The van der Waals surface area contributed by atoms with E-state index in [0.29, 0.717) is 12.8 Å². The van der Waals surface area contributed by atoms with Crippen LogP contribution in [0, 0.1) is 23.3 Å². The third-order valence-corrected chi connectivity index (χ3v) is 6.53. The second kappa shape index (κ2) is 9.43. The van der Waals surface area contributed by atoms with Crippen LogP contribution < -0.4 is 16.0 Å². The number of halogens is 4. The highest BCUT2D eigenvalue weighted by atomic mass is 32.2. The van der Waals surface area contributed by atoms with Gasteiger partial charge in [0.1, 0.15) is 5.69 Å². The molecular weight excluding hydrogens is 428 g/mol. The number of nitrogens with one attached hydrogen (secondary N) is 3. The summed E-state index contributed by atoms with van der Waals surface area (Å²) in [4.78, 5) is 25.4. The Bertz CT molecular complexity index is 882. The molecule has 2 heterocycles. The van der Waals surface area contributed by atoms with Crippen molar-refractivity contribution in [3.63, 3.8) is 0 Å². The van der Waals surface area contributed by atoms with Crippen LogP contribution in [0.4, 0.5) is 28.0 Å². The predicted octanol–water partition coefficient (Wildman–Crippen LogP) is 3.53. The molecule has 0 bridgehead atoms. The Kier molecular flexibility index (Phi) is 6.93. The Morgan fingerprint density at radius 2 is 1.87 bits per heavy atom. The van der Waals surface area contributed by atoms with Crippen molar-refractivity contribution in [2.24, 2.45) is 5.11 Å².